The average Bonchev–Trinajstić information content (AvgIpc) is 2.84. The van der Waals surface area contributed by atoms with Crippen molar-refractivity contribution in [2.45, 2.75) is 31.2 Å². The molecule has 114 valence electrons. The first-order valence-corrected chi connectivity index (χ1v) is 8.52. The van der Waals surface area contributed by atoms with Gasteiger partial charge in [-0.1, -0.05) is 37.6 Å². The van der Waals surface area contributed by atoms with Crippen LogP contribution < -0.4 is 4.72 Å². The molecule has 0 atom stereocenters. The van der Waals surface area contributed by atoms with Crippen LogP contribution in [0.2, 0.25) is 5.02 Å². The summed E-state index contributed by atoms with van der Waals surface area (Å²) in [6.07, 6.45) is 3.16. The highest BCUT2D eigenvalue weighted by Crippen LogP contribution is 2.17. The monoisotopic (exact) mass is 327 g/mol. The van der Waals surface area contributed by atoms with Crippen LogP contribution in [0, 0.1) is 0 Å². The Bertz CT molecular complexity index is 693. The number of hydrogen-bond acceptors (Lipinski definition) is 3. The highest BCUT2D eigenvalue weighted by molar-refractivity contribution is 7.89. The third-order valence-corrected chi connectivity index (χ3v) is 4.76. The van der Waals surface area contributed by atoms with Gasteiger partial charge in [0.15, 0.2) is 0 Å². The average molecular weight is 328 g/mol. The highest BCUT2D eigenvalue weighted by atomic mass is 35.5. The quantitative estimate of drug-likeness (QED) is 0.887. The van der Waals surface area contributed by atoms with Crippen molar-refractivity contribution in [3.8, 4) is 0 Å². The molecule has 0 saturated carbocycles. The van der Waals surface area contributed by atoms with Gasteiger partial charge in [-0.3, -0.25) is 4.68 Å². The van der Waals surface area contributed by atoms with Crippen LogP contribution in [0.1, 0.15) is 25.3 Å². The van der Waals surface area contributed by atoms with E-state index in [-0.39, 0.29) is 11.4 Å². The Kier molecular flexibility index (Phi) is 5.03. The number of nitrogens with one attached hydrogen (secondary N) is 1. The molecule has 0 saturated heterocycles. The lowest BCUT2D eigenvalue weighted by Crippen LogP contribution is -2.27. The maximum Gasteiger partial charge on any atom is 0.240 e. The van der Waals surface area contributed by atoms with E-state index in [0.717, 1.165) is 5.56 Å². The molecule has 1 heterocycles. The molecule has 0 amide bonds. The Hall–Kier alpha value is -1.37. The lowest BCUT2D eigenvalue weighted by molar-refractivity contribution is 0.561. The minimum atomic E-state index is -3.49. The van der Waals surface area contributed by atoms with Crippen LogP contribution in [0.5, 0.6) is 0 Å². The van der Waals surface area contributed by atoms with E-state index in [1.165, 1.54) is 6.20 Å². The van der Waals surface area contributed by atoms with E-state index in [2.05, 4.69) is 23.7 Å². The van der Waals surface area contributed by atoms with Gasteiger partial charge in [0.2, 0.25) is 10.0 Å². The SMILES string of the molecule is CC(C)c1ccc(S(=O)(=O)NCCn2cc(Cl)cn2)cc1. The van der Waals surface area contributed by atoms with E-state index >= 15 is 0 Å². The molecule has 2 aromatic rings. The summed E-state index contributed by atoms with van der Waals surface area (Å²) < 4.78 is 28.4. The summed E-state index contributed by atoms with van der Waals surface area (Å²) in [7, 11) is -3.49. The molecule has 0 radical (unpaired) electrons. The maximum absolute atomic E-state index is 12.1. The van der Waals surface area contributed by atoms with E-state index in [1.54, 1.807) is 23.0 Å². The van der Waals surface area contributed by atoms with Gasteiger partial charge in [-0.05, 0) is 23.6 Å². The second kappa shape index (κ2) is 6.60. The van der Waals surface area contributed by atoms with E-state index in [4.69, 9.17) is 11.6 Å². The molecule has 1 N–H and O–H groups in total. The smallest absolute Gasteiger partial charge is 0.240 e. The molecule has 0 spiro atoms. The zero-order chi connectivity index (χ0) is 15.5. The van der Waals surface area contributed by atoms with Gasteiger partial charge in [0, 0.05) is 12.7 Å². The summed E-state index contributed by atoms with van der Waals surface area (Å²) in [5.41, 5.74) is 1.11. The zero-order valence-corrected chi connectivity index (χ0v) is 13.5. The second-order valence-corrected chi connectivity index (χ2v) is 7.25. The topological polar surface area (TPSA) is 64.0 Å². The van der Waals surface area contributed by atoms with Gasteiger partial charge in [-0.2, -0.15) is 5.10 Å². The fourth-order valence-electron chi connectivity index (χ4n) is 1.87. The minimum Gasteiger partial charge on any atom is -0.270 e. The van der Waals surface area contributed by atoms with Crippen molar-refractivity contribution >= 4 is 21.6 Å². The first kappa shape index (κ1) is 16.0. The van der Waals surface area contributed by atoms with Gasteiger partial charge < -0.3 is 0 Å². The van der Waals surface area contributed by atoms with Crippen LogP contribution in [0.3, 0.4) is 0 Å². The summed E-state index contributed by atoms with van der Waals surface area (Å²) in [6.45, 7) is 4.82. The maximum atomic E-state index is 12.1. The number of rotatable bonds is 6. The van der Waals surface area contributed by atoms with Crippen LogP contribution >= 0.6 is 11.6 Å². The molecule has 1 aromatic carbocycles. The molecule has 0 aliphatic heterocycles. The van der Waals surface area contributed by atoms with Crippen LogP contribution in [-0.2, 0) is 16.6 Å². The second-order valence-electron chi connectivity index (χ2n) is 5.04. The summed E-state index contributed by atoms with van der Waals surface area (Å²) in [6, 6.07) is 6.93. The molecule has 0 unspecified atom stereocenters. The fourth-order valence-corrected chi connectivity index (χ4v) is 3.05. The van der Waals surface area contributed by atoms with Gasteiger partial charge in [-0.25, -0.2) is 13.1 Å². The number of aromatic nitrogens is 2. The Morgan fingerprint density at radius 1 is 1.29 bits per heavy atom. The van der Waals surface area contributed by atoms with Gasteiger partial charge >= 0.3 is 0 Å². The molecule has 0 aliphatic carbocycles. The predicted octanol–water partition coefficient (Wildman–Crippen LogP) is 2.64. The Labute approximate surface area is 130 Å². The molecule has 0 bridgehead atoms. The number of nitrogens with zero attached hydrogens (tertiary/aromatic N) is 2. The van der Waals surface area contributed by atoms with Crippen molar-refractivity contribution < 1.29 is 8.42 Å². The van der Waals surface area contributed by atoms with E-state index in [9.17, 15) is 8.42 Å². The van der Waals surface area contributed by atoms with Crippen LogP contribution in [0.4, 0.5) is 0 Å². The summed E-state index contributed by atoms with van der Waals surface area (Å²) in [5, 5.41) is 4.52. The standard InChI is InChI=1S/C14H18ClN3O2S/c1-11(2)12-3-5-14(6-4-12)21(19,20)17-7-8-18-10-13(15)9-16-18/h3-6,9-11,17H,7-8H2,1-2H3. The molecule has 2 rings (SSSR count). The number of sulfonamides is 1. The van der Waals surface area contributed by atoms with Gasteiger partial charge in [0.25, 0.3) is 0 Å². The largest absolute Gasteiger partial charge is 0.270 e. The summed E-state index contributed by atoms with van der Waals surface area (Å²) >= 11 is 5.74. The summed E-state index contributed by atoms with van der Waals surface area (Å²) in [4.78, 5) is 0.269. The van der Waals surface area contributed by atoms with Crippen molar-refractivity contribution in [2.24, 2.45) is 0 Å². The normalized spacial score (nSPS) is 12.0. The predicted molar refractivity (Wildman–Crippen MR) is 83.0 cm³/mol. The van der Waals surface area contributed by atoms with E-state index < -0.39 is 10.0 Å². The Morgan fingerprint density at radius 3 is 2.48 bits per heavy atom. The first-order chi connectivity index (χ1) is 9.88. The summed E-state index contributed by atoms with van der Waals surface area (Å²) in [5.74, 6) is 0.374. The van der Waals surface area contributed by atoms with Crippen LogP contribution in [0.25, 0.3) is 0 Å². The number of hydrogen-bond donors (Lipinski definition) is 1. The highest BCUT2D eigenvalue weighted by Gasteiger charge is 2.13. The van der Waals surface area contributed by atoms with E-state index in [0.29, 0.717) is 17.5 Å². The molecule has 21 heavy (non-hydrogen) atoms. The molecule has 5 nitrogen and oxygen atoms in total. The Balaban J connectivity index is 1.97. The molecule has 7 heteroatoms. The molecule has 0 aliphatic rings. The molecule has 1 aromatic heterocycles. The lowest BCUT2D eigenvalue weighted by Gasteiger charge is -2.09. The van der Waals surface area contributed by atoms with Crippen LogP contribution in [-0.4, -0.2) is 24.7 Å². The molecule has 0 fully saturated rings. The third kappa shape index (κ3) is 4.30. The van der Waals surface area contributed by atoms with Crippen molar-refractivity contribution in [3.05, 3.63) is 47.2 Å². The minimum absolute atomic E-state index is 0.256. The van der Waals surface area contributed by atoms with Gasteiger partial charge in [0.1, 0.15) is 0 Å². The number of benzene rings is 1. The van der Waals surface area contributed by atoms with E-state index in [1.807, 2.05) is 12.1 Å². The Morgan fingerprint density at radius 2 is 1.95 bits per heavy atom. The van der Waals surface area contributed by atoms with Gasteiger partial charge in [-0.15, -0.1) is 0 Å². The van der Waals surface area contributed by atoms with Crippen molar-refractivity contribution in [2.75, 3.05) is 6.54 Å². The number of halogens is 1. The molecular weight excluding hydrogens is 310 g/mol. The van der Waals surface area contributed by atoms with Crippen molar-refractivity contribution in [1.29, 1.82) is 0 Å². The van der Waals surface area contributed by atoms with Gasteiger partial charge in [0.05, 0.1) is 22.7 Å². The van der Waals surface area contributed by atoms with Crippen LogP contribution in [0.15, 0.2) is 41.6 Å². The van der Waals surface area contributed by atoms with Crippen molar-refractivity contribution in [1.82, 2.24) is 14.5 Å². The van der Waals surface area contributed by atoms with Crippen molar-refractivity contribution in [3.63, 3.8) is 0 Å². The lowest BCUT2D eigenvalue weighted by atomic mass is 10.0. The fraction of sp³-hybridized carbons (Fsp3) is 0.357. The molecular formula is C14H18ClN3O2S. The zero-order valence-electron chi connectivity index (χ0n) is 12.0. The third-order valence-electron chi connectivity index (χ3n) is 3.09. The first-order valence-electron chi connectivity index (χ1n) is 6.66.